The summed E-state index contributed by atoms with van der Waals surface area (Å²) < 4.78 is 1.95. The fourth-order valence-electron chi connectivity index (χ4n) is 2.03. The first-order valence-corrected chi connectivity index (χ1v) is 7.73. The van der Waals surface area contributed by atoms with Crippen LogP contribution >= 0.6 is 11.3 Å². The van der Waals surface area contributed by atoms with Crippen LogP contribution < -0.4 is 5.32 Å². The second-order valence-corrected chi connectivity index (χ2v) is 5.49. The zero-order chi connectivity index (χ0) is 15.1. The van der Waals surface area contributed by atoms with Crippen LogP contribution in [-0.2, 0) is 13.1 Å². The molecule has 0 saturated carbocycles. The van der Waals surface area contributed by atoms with Gasteiger partial charge in [0.25, 0.3) is 5.91 Å². The summed E-state index contributed by atoms with van der Waals surface area (Å²) >= 11 is 1.55. The predicted molar refractivity (Wildman–Crippen MR) is 84.2 cm³/mol. The molecule has 0 aromatic carbocycles. The summed E-state index contributed by atoms with van der Waals surface area (Å²) in [5, 5.41) is 13.6. The number of amides is 1. The maximum Gasteiger partial charge on any atom is 0.268 e. The van der Waals surface area contributed by atoms with E-state index >= 15 is 0 Å². The fourth-order valence-corrected chi connectivity index (χ4v) is 2.80. The van der Waals surface area contributed by atoms with Crippen LogP contribution in [0.2, 0.25) is 0 Å². The van der Waals surface area contributed by atoms with Crippen molar-refractivity contribution in [3.8, 4) is 11.8 Å². The highest BCUT2D eigenvalue weighted by Crippen LogP contribution is 2.15. The van der Waals surface area contributed by atoms with Crippen LogP contribution in [0.25, 0.3) is 0 Å². The number of carbonyl (C=O) groups excluding carboxylic acids is 1. The van der Waals surface area contributed by atoms with E-state index < -0.39 is 0 Å². The highest BCUT2D eigenvalue weighted by atomic mass is 32.1. The monoisotopic (exact) mass is 302 g/mol. The van der Waals surface area contributed by atoms with Gasteiger partial charge in [-0.25, -0.2) is 0 Å². The minimum Gasteiger partial charge on any atom is -0.384 e. The van der Waals surface area contributed by atoms with Gasteiger partial charge in [-0.15, -0.1) is 11.3 Å². The summed E-state index contributed by atoms with van der Waals surface area (Å²) in [6.45, 7) is 3.21. The van der Waals surface area contributed by atoms with Crippen molar-refractivity contribution in [1.29, 1.82) is 0 Å². The zero-order valence-electron chi connectivity index (χ0n) is 11.9. The van der Waals surface area contributed by atoms with E-state index in [0.29, 0.717) is 12.2 Å². The van der Waals surface area contributed by atoms with E-state index in [1.807, 2.05) is 34.3 Å². The molecular weight excluding hydrogens is 284 g/mol. The predicted octanol–water partition coefficient (Wildman–Crippen LogP) is 2.23. The van der Waals surface area contributed by atoms with E-state index in [1.165, 1.54) is 0 Å². The van der Waals surface area contributed by atoms with Gasteiger partial charge >= 0.3 is 0 Å². The van der Waals surface area contributed by atoms with Crippen molar-refractivity contribution in [2.75, 3.05) is 6.61 Å². The van der Waals surface area contributed by atoms with Gasteiger partial charge in [-0.1, -0.05) is 18.8 Å². The summed E-state index contributed by atoms with van der Waals surface area (Å²) in [5.41, 5.74) is 1.54. The summed E-state index contributed by atoms with van der Waals surface area (Å²) in [6, 6.07) is 5.61. The summed E-state index contributed by atoms with van der Waals surface area (Å²) in [5.74, 6) is 5.43. The summed E-state index contributed by atoms with van der Waals surface area (Å²) in [4.78, 5) is 13.2. The van der Waals surface area contributed by atoms with Crippen LogP contribution in [0.15, 0.2) is 29.8 Å². The van der Waals surface area contributed by atoms with Crippen LogP contribution in [-0.4, -0.2) is 22.2 Å². The molecule has 2 aromatic heterocycles. The van der Waals surface area contributed by atoms with Crippen molar-refractivity contribution in [2.24, 2.45) is 0 Å². The van der Waals surface area contributed by atoms with Crippen LogP contribution in [0, 0.1) is 11.8 Å². The highest BCUT2D eigenvalue weighted by Gasteiger charge is 2.11. The Hall–Kier alpha value is -2.03. The number of nitrogens with zero attached hydrogens (tertiary/aromatic N) is 1. The molecule has 0 spiro atoms. The third-order valence-corrected chi connectivity index (χ3v) is 3.90. The first kappa shape index (κ1) is 15.4. The van der Waals surface area contributed by atoms with Gasteiger partial charge in [0.1, 0.15) is 12.3 Å². The van der Waals surface area contributed by atoms with Crippen LogP contribution in [0.3, 0.4) is 0 Å². The van der Waals surface area contributed by atoms with E-state index in [0.717, 1.165) is 23.4 Å². The van der Waals surface area contributed by atoms with Gasteiger partial charge in [0.05, 0.1) is 6.54 Å². The Morgan fingerprint density at radius 1 is 1.48 bits per heavy atom. The van der Waals surface area contributed by atoms with Gasteiger partial charge < -0.3 is 15.0 Å². The molecule has 1 amide bonds. The standard InChI is InChI=1S/C16H18N2O2S/c1-2-8-18-9-3-6-14(18)16(20)17-12-15-13(5-4-10-19)7-11-21-15/h3,6-7,9,11,19H,2,8,10,12H2,1H3,(H,17,20). The normalized spacial score (nSPS) is 10.0. The Kier molecular flexibility index (Phi) is 5.61. The van der Waals surface area contributed by atoms with Crippen LogP contribution in [0.4, 0.5) is 0 Å². The Balaban J connectivity index is 2.01. The van der Waals surface area contributed by atoms with Crippen molar-refractivity contribution < 1.29 is 9.90 Å². The van der Waals surface area contributed by atoms with Crippen molar-refractivity contribution in [2.45, 2.75) is 26.4 Å². The van der Waals surface area contributed by atoms with Crippen molar-refractivity contribution in [3.63, 3.8) is 0 Å². The molecule has 0 aliphatic carbocycles. The van der Waals surface area contributed by atoms with Crippen molar-refractivity contribution in [3.05, 3.63) is 45.9 Å². The molecule has 0 aliphatic rings. The lowest BCUT2D eigenvalue weighted by molar-refractivity contribution is 0.0942. The fraction of sp³-hybridized carbons (Fsp3) is 0.312. The lowest BCUT2D eigenvalue weighted by Crippen LogP contribution is -2.25. The number of aryl methyl sites for hydroxylation is 1. The summed E-state index contributed by atoms with van der Waals surface area (Å²) in [6.07, 6.45) is 2.91. The molecule has 0 unspecified atom stereocenters. The van der Waals surface area contributed by atoms with E-state index in [4.69, 9.17) is 5.11 Å². The number of nitrogens with one attached hydrogen (secondary N) is 1. The van der Waals surface area contributed by atoms with Crippen molar-refractivity contribution in [1.82, 2.24) is 9.88 Å². The van der Waals surface area contributed by atoms with E-state index in [-0.39, 0.29) is 12.5 Å². The quantitative estimate of drug-likeness (QED) is 0.832. The molecular formula is C16H18N2O2S. The van der Waals surface area contributed by atoms with E-state index in [1.54, 1.807) is 11.3 Å². The topological polar surface area (TPSA) is 54.3 Å². The molecule has 0 atom stereocenters. The van der Waals surface area contributed by atoms with Gasteiger partial charge in [-0.3, -0.25) is 4.79 Å². The number of aliphatic hydroxyl groups is 1. The molecule has 4 nitrogen and oxygen atoms in total. The SMILES string of the molecule is CCCn1cccc1C(=O)NCc1sccc1C#CCO. The van der Waals surface area contributed by atoms with E-state index in [2.05, 4.69) is 24.1 Å². The maximum atomic E-state index is 12.2. The minimum atomic E-state index is -0.161. The third kappa shape index (κ3) is 3.97. The zero-order valence-corrected chi connectivity index (χ0v) is 12.7. The number of aromatic nitrogens is 1. The third-order valence-electron chi connectivity index (χ3n) is 2.98. The Morgan fingerprint density at radius 2 is 2.33 bits per heavy atom. The average molecular weight is 302 g/mol. The molecule has 0 fully saturated rings. The second kappa shape index (κ2) is 7.67. The van der Waals surface area contributed by atoms with E-state index in [9.17, 15) is 4.79 Å². The molecule has 2 aromatic rings. The number of carbonyl (C=O) groups is 1. The first-order valence-electron chi connectivity index (χ1n) is 6.85. The molecule has 21 heavy (non-hydrogen) atoms. The Morgan fingerprint density at radius 3 is 3.10 bits per heavy atom. The molecule has 0 bridgehead atoms. The lowest BCUT2D eigenvalue weighted by Gasteiger charge is -2.08. The lowest BCUT2D eigenvalue weighted by atomic mass is 10.2. The number of hydrogen-bond acceptors (Lipinski definition) is 3. The highest BCUT2D eigenvalue weighted by molar-refractivity contribution is 7.10. The maximum absolute atomic E-state index is 12.2. The molecule has 0 saturated heterocycles. The average Bonchev–Trinajstić information content (AvgIpc) is 3.12. The molecule has 5 heteroatoms. The van der Waals surface area contributed by atoms with Gasteiger partial charge in [0.2, 0.25) is 0 Å². The number of aliphatic hydroxyl groups excluding tert-OH is 1. The largest absolute Gasteiger partial charge is 0.384 e. The Bertz CT molecular complexity index is 661. The van der Waals surface area contributed by atoms with Crippen LogP contribution in [0.1, 0.15) is 34.3 Å². The van der Waals surface area contributed by atoms with Gasteiger partial charge in [0, 0.05) is 23.2 Å². The smallest absolute Gasteiger partial charge is 0.268 e. The number of hydrogen-bond donors (Lipinski definition) is 2. The number of thiophene rings is 1. The first-order chi connectivity index (χ1) is 10.3. The second-order valence-electron chi connectivity index (χ2n) is 4.49. The molecule has 2 rings (SSSR count). The molecule has 0 radical (unpaired) electrons. The van der Waals surface area contributed by atoms with Crippen molar-refractivity contribution >= 4 is 17.2 Å². The van der Waals surface area contributed by atoms with Crippen LogP contribution in [0.5, 0.6) is 0 Å². The number of rotatable bonds is 5. The molecule has 0 aliphatic heterocycles. The molecule has 2 N–H and O–H groups in total. The molecule has 110 valence electrons. The Labute approximate surface area is 128 Å². The van der Waals surface area contributed by atoms with Gasteiger partial charge in [-0.2, -0.15) is 0 Å². The summed E-state index contributed by atoms with van der Waals surface area (Å²) in [7, 11) is 0. The van der Waals surface area contributed by atoms with Gasteiger partial charge in [-0.05, 0) is 30.0 Å². The molecule has 2 heterocycles. The van der Waals surface area contributed by atoms with Gasteiger partial charge in [0.15, 0.2) is 0 Å². The minimum absolute atomic E-state index is 0.0806.